The van der Waals surface area contributed by atoms with Crippen molar-refractivity contribution >= 4 is 58.7 Å². The molecule has 2 aliphatic rings. The zero-order valence-electron chi connectivity index (χ0n) is 66.3. The molecule has 1 aliphatic heterocycles. The van der Waals surface area contributed by atoms with Gasteiger partial charge in [0.15, 0.2) is 29.5 Å². The van der Waals surface area contributed by atoms with E-state index in [0.717, 1.165) is 75.5 Å². The number of sulfone groups is 3. The van der Waals surface area contributed by atoms with Crippen LogP contribution in [0.1, 0.15) is 122 Å². The second kappa shape index (κ2) is 36.7. The van der Waals surface area contributed by atoms with Crippen LogP contribution in [-0.4, -0.2) is 128 Å². The highest BCUT2D eigenvalue weighted by Gasteiger charge is 2.33. The van der Waals surface area contributed by atoms with Gasteiger partial charge in [0.05, 0.1) is 27.5 Å². The fourth-order valence-corrected chi connectivity index (χ4v) is 16.7. The van der Waals surface area contributed by atoms with E-state index in [1.54, 1.807) is 87.2 Å². The van der Waals surface area contributed by atoms with Crippen molar-refractivity contribution in [3.05, 3.63) is 224 Å². The van der Waals surface area contributed by atoms with E-state index in [9.17, 15) is 49.2 Å². The average Bonchev–Trinajstić information content (AvgIpc) is 1.05. The van der Waals surface area contributed by atoms with Crippen molar-refractivity contribution < 1.29 is 77.6 Å². The molecular weight excluding hydrogens is 1510 g/mol. The monoisotopic (exact) mass is 1600 g/mol. The van der Waals surface area contributed by atoms with Crippen LogP contribution < -0.4 is 33.7 Å². The SMILES string of the molecule is COc1ccc(-c2cccc(Oc3ccc(-c4cn[nH]c4)cc3S(=O)(=O)CC(=O)CC(C)(C)C)c2)cc1.COc1ccc(-c2cccc(Oc3ccc(C(=O)N4CCC4)cc3S(=O)(=O)CC(=O)CC(C)(C)C)c2)cc1.COc1ccc(-c2cccc(Oc3ccc(C(=O)NCC4CC4)cc3S(=O)(=O)CC(=O)CC(C)(C)C)c2)cc1. The number of hydrogen-bond donors (Lipinski definition) is 2. The molecule has 0 bridgehead atoms. The Morgan fingerprint density at radius 1 is 0.412 bits per heavy atom. The fourth-order valence-electron chi connectivity index (χ4n) is 12.5. The van der Waals surface area contributed by atoms with E-state index in [-0.39, 0.29) is 102 Å². The van der Waals surface area contributed by atoms with Gasteiger partial charge in [-0.2, -0.15) is 5.10 Å². The molecule has 0 radical (unpaired) electrons. The van der Waals surface area contributed by atoms with Gasteiger partial charge in [-0.3, -0.25) is 29.1 Å². The van der Waals surface area contributed by atoms with Crippen LogP contribution in [0.3, 0.4) is 0 Å². The number of benzene rings is 9. The van der Waals surface area contributed by atoms with E-state index in [2.05, 4.69) is 15.5 Å². The molecule has 1 aromatic heterocycles. The first-order chi connectivity index (χ1) is 53.9. The Bertz CT molecular complexity index is 5450. The predicted molar refractivity (Wildman–Crippen MR) is 441 cm³/mol. The molecule has 12 rings (SSSR count). The summed E-state index contributed by atoms with van der Waals surface area (Å²) in [7, 11) is -7.34. The highest BCUT2D eigenvalue weighted by molar-refractivity contribution is 7.92. The summed E-state index contributed by atoms with van der Waals surface area (Å²) in [6.45, 7) is 18.8. The van der Waals surface area contributed by atoms with E-state index in [1.165, 1.54) is 30.3 Å². The molecule has 114 heavy (non-hydrogen) atoms. The Balaban J connectivity index is 0.000000181. The van der Waals surface area contributed by atoms with Crippen molar-refractivity contribution in [1.82, 2.24) is 20.4 Å². The van der Waals surface area contributed by atoms with Crippen molar-refractivity contribution in [2.45, 2.75) is 116 Å². The van der Waals surface area contributed by atoms with Gasteiger partial charge in [0.1, 0.15) is 101 Å². The highest BCUT2D eigenvalue weighted by atomic mass is 32.2. The van der Waals surface area contributed by atoms with Crippen LogP contribution in [0.25, 0.3) is 44.5 Å². The van der Waals surface area contributed by atoms with Crippen molar-refractivity contribution in [2.24, 2.45) is 22.2 Å². The first-order valence-corrected chi connectivity index (χ1v) is 42.4. The van der Waals surface area contributed by atoms with E-state index in [1.807, 2.05) is 184 Å². The molecule has 0 atom stereocenters. The molecule has 1 saturated carbocycles. The van der Waals surface area contributed by atoms with Crippen LogP contribution in [0.15, 0.2) is 227 Å². The molecule has 2 heterocycles. The van der Waals surface area contributed by atoms with Crippen LogP contribution in [0.2, 0.25) is 0 Å². The van der Waals surface area contributed by atoms with Gasteiger partial charge in [-0.15, -0.1) is 0 Å². The summed E-state index contributed by atoms with van der Waals surface area (Å²) in [4.78, 5) is 64.8. The molecule has 0 unspecified atom stereocenters. The maximum Gasteiger partial charge on any atom is 0.253 e. The minimum atomic E-state index is -4.10. The number of H-pyrrole nitrogens is 1. The summed E-state index contributed by atoms with van der Waals surface area (Å²) < 4.78 is 115. The molecule has 1 aliphatic carbocycles. The van der Waals surface area contributed by atoms with Gasteiger partial charge < -0.3 is 38.6 Å². The number of rotatable bonds is 29. The van der Waals surface area contributed by atoms with Gasteiger partial charge in [-0.1, -0.05) is 141 Å². The lowest BCUT2D eigenvalue weighted by Crippen LogP contribution is -2.42. The topological polar surface area (TPSA) is 287 Å². The Morgan fingerprint density at radius 2 is 0.754 bits per heavy atom. The quantitative estimate of drug-likeness (QED) is 0.0440. The fraction of sp³-hybridized carbons (Fsp3) is 0.311. The largest absolute Gasteiger partial charge is 0.497 e. The maximum atomic E-state index is 13.5. The summed E-state index contributed by atoms with van der Waals surface area (Å²) >= 11 is 0. The zero-order valence-corrected chi connectivity index (χ0v) is 68.8. The molecule has 10 aromatic rings. The lowest BCUT2D eigenvalue weighted by atomic mass is 9.90. The number of nitrogens with one attached hydrogen (secondary N) is 2. The van der Waals surface area contributed by atoms with E-state index < -0.39 is 52.6 Å². The average molecular weight is 1600 g/mol. The minimum Gasteiger partial charge on any atom is -0.497 e. The molecule has 21 nitrogen and oxygen atoms in total. The summed E-state index contributed by atoms with van der Waals surface area (Å²) in [5, 5.41) is 9.55. The van der Waals surface area contributed by atoms with E-state index >= 15 is 0 Å². The number of hydrogen-bond acceptors (Lipinski definition) is 18. The van der Waals surface area contributed by atoms with Gasteiger partial charge >= 0.3 is 0 Å². The second-order valence-electron chi connectivity index (χ2n) is 32.0. The number of amides is 2. The molecular formula is C90H98N4O17S3. The number of aromatic nitrogens is 2. The summed E-state index contributed by atoms with van der Waals surface area (Å²) in [5.74, 6) is 0.699. The molecule has 598 valence electrons. The Hall–Kier alpha value is -11.2. The Morgan fingerprint density at radius 3 is 1.09 bits per heavy atom. The number of nitrogens with zero attached hydrogens (tertiary/aromatic N) is 2. The third-order valence-electron chi connectivity index (χ3n) is 18.3. The number of ketones is 3. The van der Waals surface area contributed by atoms with E-state index in [0.29, 0.717) is 48.4 Å². The van der Waals surface area contributed by atoms with Crippen molar-refractivity contribution in [2.75, 3.05) is 58.2 Å². The first kappa shape index (κ1) is 85.2. The molecule has 9 aromatic carbocycles. The van der Waals surface area contributed by atoms with Crippen molar-refractivity contribution in [3.8, 4) is 96.3 Å². The predicted octanol–water partition coefficient (Wildman–Crippen LogP) is 18.2. The molecule has 2 amide bonds. The smallest absolute Gasteiger partial charge is 0.253 e. The van der Waals surface area contributed by atoms with Crippen molar-refractivity contribution in [1.29, 1.82) is 0 Å². The first-order valence-electron chi connectivity index (χ1n) is 37.4. The second-order valence-corrected chi connectivity index (χ2v) is 37.8. The maximum absolute atomic E-state index is 13.5. The van der Waals surface area contributed by atoms with Crippen LogP contribution in [0.4, 0.5) is 0 Å². The van der Waals surface area contributed by atoms with Gasteiger partial charge in [-0.25, -0.2) is 25.3 Å². The number of Topliss-reactive ketones (excluding diaryl/α,β-unsaturated/α-hetero) is 3. The van der Waals surface area contributed by atoms with Gasteiger partial charge in [-0.05, 0) is 202 Å². The van der Waals surface area contributed by atoms with Gasteiger partial charge in [0.2, 0.25) is 0 Å². The summed E-state index contributed by atoms with van der Waals surface area (Å²) in [5.41, 5.74) is 6.31. The third kappa shape index (κ3) is 24.4. The summed E-state index contributed by atoms with van der Waals surface area (Å²) in [6, 6.07) is 58.3. The lowest BCUT2D eigenvalue weighted by Gasteiger charge is -2.31. The molecule has 2 N–H and O–H groups in total. The molecule has 2 fully saturated rings. The normalized spacial score (nSPS) is 13.0. The third-order valence-corrected chi connectivity index (χ3v) is 23.3. The standard InChI is InChI=1S/C31H35NO6S.C30H33NO6S.C29H30N2O5S/c1-31(2,3)18-25(33)20-39(35,36)29-17-24(30(34)32-19-21-8-9-21)12-15-28(29)38-27-7-5-6-23(16-27)22-10-13-26(37-4)14-11-22;1-30(2,3)19-24(32)20-38(34,35)28-18-23(29(33)31-15-6-16-31)11-14-27(28)37-26-8-5-7-22(17-26)21-9-12-25(36-4)13-10-21;1-29(2,3)16-24(32)19-37(33,34)28-15-22(23-17-30-31-18-23)10-13-27(28)36-26-7-5-6-21(14-26)20-8-11-25(35-4)12-9-20/h5-7,10-17,21H,8-9,18-20H2,1-4H3,(H,32,34);5,7-14,17-18H,6,15-16,19-20H2,1-4H3;5-15,17-18H,16,19H2,1-4H3,(H,30,31). The lowest BCUT2D eigenvalue weighted by molar-refractivity contribution is -0.119. The molecule has 1 saturated heterocycles. The number of methoxy groups -OCH3 is 3. The van der Waals surface area contributed by atoms with Crippen molar-refractivity contribution in [3.63, 3.8) is 0 Å². The number of aromatic amines is 1. The van der Waals surface area contributed by atoms with Gasteiger partial charge in [0.25, 0.3) is 11.8 Å². The molecule has 24 heteroatoms. The zero-order chi connectivity index (χ0) is 82.3. The Labute approximate surface area is 668 Å². The summed E-state index contributed by atoms with van der Waals surface area (Å²) in [6.07, 6.45) is 6.77. The van der Waals surface area contributed by atoms with E-state index in [4.69, 9.17) is 28.4 Å². The van der Waals surface area contributed by atoms with Crippen LogP contribution in [-0.2, 0) is 43.9 Å². The molecule has 0 spiro atoms. The van der Waals surface area contributed by atoms with Crippen LogP contribution in [0.5, 0.6) is 51.7 Å². The minimum absolute atomic E-state index is 0.0386. The van der Waals surface area contributed by atoms with Gasteiger partial charge in [0, 0.05) is 61.8 Å². The highest BCUT2D eigenvalue weighted by Crippen LogP contribution is 2.40. The number of likely N-dealkylation sites (tertiary alicyclic amines) is 1. The number of carbonyl (C=O) groups is 5. The van der Waals surface area contributed by atoms with Crippen LogP contribution in [0, 0.1) is 22.2 Å². The number of carbonyl (C=O) groups excluding carboxylic acids is 5. The number of ether oxygens (including phenoxy) is 6. The van der Waals surface area contributed by atoms with Crippen LogP contribution >= 0.6 is 0 Å². The Kier molecular flexibility index (Phi) is 27.5.